The van der Waals surface area contributed by atoms with Crippen LogP contribution in [0.1, 0.15) is 18.1 Å². The highest BCUT2D eigenvalue weighted by Crippen LogP contribution is 2.40. The summed E-state index contributed by atoms with van der Waals surface area (Å²) in [4.78, 5) is 32.5. The Kier molecular flexibility index (Phi) is 4.35. The van der Waals surface area contributed by atoms with Gasteiger partial charge in [-0.15, -0.1) is 0 Å². The SMILES string of the molecule is CCOC(=O)C1=COC(C2Nc3ccccc3/C2=C/c2c[nH]c3ncccc23)C1=O. The molecule has 2 unspecified atom stereocenters. The Morgan fingerprint density at radius 3 is 3.00 bits per heavy atom. The Hall–Kier alpha value is -3.87. The molecule has 2 aromatic heterocycles. The van der Waals surface area contributed by atoms with Gasteiger partial charge in [0.05, 0.1) is 12.6 Å². The van der Waals surface area contributed by atoms with Crippen LogP contribution in [-0.4, -0.2) is 40.5 Å². The lowest BCUT2D eigenvalue weighted by atomic mass is 9.93. The van der Waals surface area contributed by atoms with E-state index in [4.69, 9.17) is 9.47 Å². The number of carbonyl (C=O) groups excluding carboxylic acids is 2. The number of esters is 1. The molecule has 0 saturated heterocycles. The van der Waals surface area contributed by atoms with Gasteiger partial charge in [-0.05, 0) is 36.8 Å². The summed E-state index contributed by atoms with van der Waals surface area (Å²) in [6, 6.07) is 11.3. The molecule has 0 aliphatic carbocycles. The van der Waals surface area contributed by atoms with E-state index in [0.29, 0.717) is 0 Å². The second-order valence-corrected chi connectivity index (χ2v) is 7.08. The van der Waals surface area contributed by atoms with Crippen LogP contribution in [0.5, 0.6) is 0 Å². The molecular weight excluding hydrogens is 382 g/mol. The molecule has 2 N–H and O–H groups in total. The van der Waals surface area contributed by atoms with Crippen LogP contribution >= 0.6 is 0 Å². The number of pyridine rings is 1. The van der Waals surface area contributed by atoms with Crippen LogP contribution in [0, 0.1) is 0 Å². The minimum Gasteiger partial charge on any atom is -0.486 e. The number of hydrogen-bond acceptors (Lipinski definition) is 6. The number of aromatic nitrogens is 2. The minimum atomic E-state index is -0.855. The van der Waals surface area contributed by atoms with Gasteiger partial charge in [0.25, 0.3) is 0 Å². The van der Waals surface area contributed by atoms with Crippen LogP contribution in [0.15, 0.2) is 60.6 Å². The molecule has 0 fully saturated rings. The van der Waals surface area contributed by atoms with Gasteiger partial charge >= 0.3 is 5.97 Å². The van der Waals surface area contributed by atoms with Crippen LogP contribution in [-0.2, 0) is 19.1 Å². The zero-order valence-electron chi connectivity index (χ0n) is 16.2. The largest absolute Gasteiger partial charge is 0.486 e. The van der Waals surface area contributed by atoms with Crippen LogP contribution in [0.3, 0.4) is 0 Å². The maximum Gasteiger partial charge on any atom is 0.345 e. The Bertz CT molecular complexity index is 1220. The maximum atomic E-state index is 12.9. The summed E-state index contributed by atoms with van der Waals surface area (Å²) in [5.74, 6) is -1.04. The third-order valence-corrected chi connectivity index (χ3v) is 5.33. The van der Waals surface area contributed by atoms with Crippen LogP contribution in [0.2, 0.25) is 0 Å². The van der Waals surface area contributed by atoms with E-state index in [-0.39, 0.29) is 18.0 Å². The number of Topliss-reactive ketones (excluding diaryl/α,β-unsaturated/α-hetero) is 1. The zero-order valence-corrected chi connectivity index (χ0v) is 16.2. The van der Waals surface area contributed by atoms with E-state index in [9.17, 15) is 9.59 Å². The van der Waals surface area contributed by atoms with Crippen molar-refractivity contribution in [3.63, 3.8) is 0 Å². The topological polar surface area (TPSA) is 93.3 Å². The Morgan fingerprint density at radius 2 is 2.13 bits per heavy atom. The summed E-state index contributed by atoms with van der Waals surface area (Å²) in [7, 11) is 0. The number of fused-ring (bicyclic) bond motifs is 2. The first kappa shape index (κ1) is 18.2. The number of aromatic amines is 1. The normalized spacial score (nSPS) is 21.3. The predicted octanol–water partition coefficient (Wildman–Crippen LogP) is 3.31. The smallest absolute Gasteiger partial charge is 0.345 e. The summed E-state index contributed by atoms with van der Waals surface area (Å²) < 4.78 is 10.6. The lowest BCUT2D eigenvalue weighted by Crippen LogP contribution is -2.37. The molecule has 0 radical (unpaired) electrons. The number of nitrogens with one attached hydrogen (secondary N) is 2. The van der Waals surface area contributed by atoms with Gasteiger partial charge in [0, 0.05) is 34.6 Å². The first-order valence-electron chi connectivity index (χ1n) is 9.74. The number of hydrogen-bond donors (Lipinski definition) is 2. The average Bonchev–Trinajstić information content (AvgIpc) is 3.44. The Labute approximate surface area is 172 Å². The summed E-state index contributed by atoms with van der Waals surface area (Å²) >= 11 is 0. The number of ketones is 1. The molecule has 5 rings (SSSR count). The van der Waals surface area contributed by atoms with E-state index in [1.165, 1.54) is 6.26 Å². The molecule has 30 heavy (non-hydrogen) atoms. The van der Waals surface area contributed by atoms with Crippen molar-refractivity contribution in [1.82, 2.24) is 9.97 Å². The van der Waals surface area contributed by atoms with Crippen LogP contribution < -0.4 is 5.32 Å². The highest BCUT2D eigenvalue weighted by Gasteiger charge is 2.44. The van der Waals surface area contributed by atoms with Crippen LogP contribution in [0.4, 0.5) is 5.69 Å². The summed E-state index contributed by atoms with van der Waals surface area (Å²) in [6.07, 6.45) is 6.01. The van der Waals surface area contributed by atoms with Gasteiger partial charge in [-0.2, -0.15) is 0 Å². The van der Waals surface area contributed by atoms with Crippen molar-refractivity contribution in [1.29, 1.82) is 0 Å². The number of benzene rings is 1. The van der Waals surface area contributed by atoms with Crippen molar-refractivity contribution < 1.29 is 19.1 Å². The fourth-order valence-corrected chi connectivity index (χ4v) is 3.95. The molecule has 150 valence electrons. The van der Waals surface area contributed by atoms with E-state index in [1.807, 2.05) is 48.7 Å². The molecule has 3 aromatic rings. The Morgan fingerprint density at radius 1 is 1.27 bits per heavy atom. The molecule has 0 bridgehead atoms. The van der Waals surface area contributed by atoms with Crippen molar-refractivity contribution in [2.45, 2.75) is 19.1 Å². The molecule has 2 aliphatic rings. The van der Waals surface area contributed by atoms with Gasteiger partial charge in [-0.25, -0.2) is 9.78 Å². The molecule has 0 amide bonds. The maximum absolute atomic E-state index is 12.9. The second kappa shape index (κ2) is 7.18. The highest BCUT2D eigenvalue weighted by molar-refractivity contribution is 6.21. The Balaban J connectivity index is 1.54. The second-order valence-electron chi connectivity index (χ2n) is 7.08. The number of anilines is 1. The van der Waals surface area contributed by atoms with Gasteiger partial charge in [-0.3, -0.25) is 4.79 Å². The predicted molar refractivity (Wildman–Crippen MR) is 112 cm³/mol. The van der Waals surface area contributed by atoms with E-state index in [1.54, 1.807) is 13.1 Å². The van der Waals surface area contributed by atoms with E-state index >= 15 is 0 Å². The van der Waals surface area contributed by atoms with Gasteiger partial charge < -0.3 is 19.8 Å². The van der Waals surface area contributed by atoms with Crippen molar-refractivity contribution in [3.8, 4) is 0 Å². The molecule has 0 saturated carbocycles. The molecule has 4 heterocycles. The molecule has 7 heteroatoms. The number of nitrogens with zero attached hydrogens (tertiary/aromatic N) is 1. The summed E-state index contributed by atoms with van der Waals surface area (Å²) in [6.45, 7) is 1.89. The van der Waals surface area contributed by atoms with Crippen molar-refractivity contribution >= 4 is 40.1 Å². The van der Waals surface area contributed by atoms with Gasteiger partial charge in [-0.1, -0.05) is 18.2 Å². The number of ether oxygens (including phenoxy) is 2. The molecule has 2 aliphatic heterocycles. The third kappa shape index (κ3) is 2.86. The molecule has 0 spiro atoms. The molecule has 7 nitrogen and oxygen atoms in total. The van der Waals surface area contributed by atoms with E-state index in [2.05, 4.69) is 15.3 Å². The quantitative estimate of drug-likeness (QED) is 0.515. The number of H-pyrrole nitrogens is 1. The van der Waals surface area contributed by atoms with Gasteiger partial charge in [0.1, 0.15) is 17.5 Å². The van der Waals surface area contributed by atoms with E-state index < -0.39 is 18.1 Å². The van der Waals surface area contributed by atoms with Crippen molar-refractivity contribution in [2.75, 3.05) is 11.9 Å². The minimum absolute atomic E-state index is 0.0600. The van der Waals surface area contributed by atoms with Gasteiger partial charge in [0.2, 0.25) is 5.78 Å². The molecular formula is C23H19N3O4. The van der Waals surface area contributed by atoms with E-state index in [0.717, 1.165) is 33.4 Å². The lowest BCUT2D eigenvalue weighted by molar-refractivity contribution is -0.140. The van der Waals surface area contributed by atoms with Gasteiger partial charge in [0.15, 0.2) is 6.10 Å². The standard InChI is InChI=1S/C23H19N3O4/c1-2-29-23(28)17-12-30-21(20(17)27)19-16(15-6-3-4-8-18(15)26-19)10-13-11-25-22-14(13)7-5-9-24-22/h3-12,19,21,26H,2H2,1H3,(H,24,25)/b16-10-. The molecule has 2 atom stereocenters. The zero-order chi connectivity index (χ0) is 20.7. The first-order chi connectivity index (χ1) is 14.7. The third-order valence-electron chi connectivity index (χ3n) is 5.33. The van der Waals surface area contributed by atoms with Crippen molar-refractivity contribution in [2.24, 2.45) is 0 Å². The lowest BCUT2D eigenvalue weighted by Gasteiger charge is -2.20. The summed E-state index contributed by atoms with van der Waals surface area (Å²) in [5, 5.41) is 4.37. The van der Waals surface area contributed by atoms with Crippen LogP contribution in [0.25, 0.3) is 22.7 Å². The average molecular weight is 401 g/mol. The number of carbonyl (C=O) groups is 2. The number of rotatable bonds is 4. The monoisotopic (exact) mass is 401 g/mol. The van der Waals surface area contributed by atoms with Crippen molar-refractivity contribution in [3.05, 3.63) is 71.8 Å². The highest BCUT2D eigenvalue weighted by atomic mass is 16.5. The summed E-state index contributed by atoms with van der Waals surface area (Å²) in [5.41, 5.74) is 4.50. The molecule has 1 aromatic carbocycles. The number of para-hydroxylation sites is 1. The fourth-order valence-electron chi connectivity index (χ4n) is 3.95. The fraction of sp³-hybridized carbons (Fsp3) is 0.174. The first-order valence-corrected chi connectivity index (χ1v) is 9.74.